The van der Waals surface area contributed by atoms with Crippen LogP contribution in [0, 0.1) is 11.8 Å². The van der Waals surface area contributed by atoms with Crippen molar-refractivity contribution in [2.75, 3.05) is 13.1 Å². The number of carbonyl (C=O) groups excluding carboxylic acids is 1. The molecule has 0 aliphatic heterocycles. The van der Waals surface area contributed by atoms with Crippen molar-refractivity contribution in [3.63, 3.8) is 0 Å². The minimum absolute atomic E-state index is 0.0251. The van der Waals surface area contributed by atoms with E-state index in [4.69, 9.17) is 5.11 Å². The molecule has 1 aliphatic carbocycles. The molecule has 4 nitrogen and oxygen atoms in total. The number of amides is 1. The molecule has 0 spiro atoms. The van der Waals surface area contributed by atoms with Gasteiger partial charge in [0.25, 0.3) is 0 Å². The van der Waals surface area contributed by atoms with E-state index in [1.165, 1.54) is 11.3 Å². The summed E-state index contributed by atoms with van der Waals surface area (Å²) in [6, 6.07) is 0. The van der Waals surface area contributed by atoms with Crippen LogP contribution in [0.1, 0.15) is 39.5 Å². The second-order valence-electron chi connectivity index (χ2n) is 4.61. The molecule has 2 unspecified atom stereocenters. The lowest BCUT2D eigenvalue weighted by atomic mass is 9.79. The van der Waals surface area contributed by atoms with Crippen LogP contribution in [-0.2, 0) is 9.59 Å². The number of carboxylic acids is 1. The van der Waals surface area contributed by atoms with E-state index in [9.17, 15) is 9.59 Å². The zero-order valence-electron chi connectivity index (χ0n) is 10.1. The van der Waals surface area contributed by atoms with Crippen LogP contribution < -0.4 is 0 Å². The van der Waals surface area contributed by atoms with Crippen molar-refractivity contribution in [1.29, 1.82) is 0 Å². The fraction of sp³-hybridized carbons (Fsp3) is 0.833. The normalized spacial score (nSPS) is 25.1. The Morgan fingerprint density at radius 1 is 1.31 bits per heavy atom. The molecule has 0 aromatic carbocycles. The molecule has 1 rings (SSSR count). The van der Waals surface area contributed by atoms with E-state index < -0.39 is 5.97 Å². The Balaban J connectivity index is 2.62. The summed E-state index contributed by atoms with van der Waals surface area (Å²) >= 11 is 0. The van der Waals surface area contributed by atoms with Crippen molar-refractivity contribution in [3.05, 3.63) is 0 Å². The topological polar surface area (TPSA) is 57.6 Å². The highest BCUT2D eigenvalue weighted by molar-refractivity contribution is 5.83. The molecule has 2 atom stereocenters. The summed E-state index contributed by atoms with van der Waals surface area (Å²) in [4.78, 5) is 24.2. The van der Waals surface area contributed by atoms with Crippen molar-refractivity contribution in [3.8, 4) is 0 Å². The quantitative estimate of drug-likeness (QED) is 0.796. The number of hydrogen-bond acceptors (Lipinski definition) is 2. The van der Waals surface area contributed by atoms with Gasteiger partial charge >= 0.3 is 5.97 Å². The minimum Gasteiger partial charge on any atom is -0.480 e. The summed E-state index contributed by atoms with van der Waals surface area (Å²) in [6.07, 6.45) is 4.28. The first-order valence-corrected chi connectivity index (χ1v) is 6.06. The Morgan fingerprint density at radius 3 is 2.44 bits per heavy atom. The Labute approximate surface area is 96.6 Å². The molecule has 1 saturated carbocycles. The molecule has 0 saturated heterocycles. The summed E-state index contributed by atoms with van der Waals surface area (Å²) < 4.78 is 0. The number of rotatable bonds is 4. The van der Waals surface area contributed by atoms with Gasteiger partial charge in [0.15, 0.2) is 0 Å². The van der Waals surface area contributed by atoms with Crippen LogP contribution in [0.3, 0.4) is 0 Å². The second kappa shape index (κ2) is 5.87. The number of nitrogens with zero attached hydrogens (tertiary/aromatic N) is 1. The maximum absolute atomic E-state index is 12.1. The van der Waals surface area contributed by atoms with E-state index >= 15 is 0 Å². The molecule has 1 amide bonds. The third kappa shape index (κ3) is 3.22. The number of carbonyl (C=O) groups is 2. The molecule has 4 heteroatoms. The number of likely N-dealkylation sites (N-methyl/N-ethyl adjacent to an activating group) is 1. The summed E-state index contributed by atoms with van der Waals surface area (Å²) in [5.74, 6) is -0.479. The van der Waals surface area contributed by atoms with Gasteiger partial charge in [0, 0.05) is 12.5 Å². The lowest BCUT2D eigenvalue weighted by molar-refractivity contribution is -0.147. The molecule has 16 heavy (non-hydrogen) atoms. The summed E-state index contributed by atoms with van der Waals surface area (Å²) in [7, 11) is 0. The zero-order valence-corrected chi connectivity index (χ0v) is 10.1. The Bertz CT molecular complexity index is 265. The van der Waals surface area contributed by atoms with Gasteiger partial charge in [0.1, 0.15) is 6.54 Å². The Kier molecular flexibility index (Phi) is 4.77. The van der Waals surface area contributed by atoms with Crippen molar-refractivity contribution in [2.45, 2.75) is 39.5 Å². The average Bonchev–Trinajstić information content (AvgIpc) is 2.25. The Morgan fingerprint density at radius 2 is 1.94 bits per heavy atom. The van der Waals surface area contributed by atoms with Gasteiger partial charge in [-0.15, -0.1) is 0 Å². The highest BCUT2D eigenvalue weighted by atomic mass is 16.4. The first kappa shape index (κ1) is 13.0. The van der Waals surface area contributed by atoms with E-state index in [2.05, 4.69) is 6.92 Å². The molecule has 0 bridgehead atoms. The highest BCUT2D eigenvalue weighted by Gasteiger charge is 2.31. The van der Waals surface area contributed by atoms with Crippen LogP contribution in [0.2, 0.25) is 0 Å². The van der Waals surface area contributed by atoms with Gasteiger partial charge in [0.2, 0.25) is 5.91 Å². The summed E-state index contributed by atoms with van der Waals surface area (Å²) in [5, 5.41) is 8.73. The molecule has 92 valence electrons. The molecule has 0 aromatic heterocycles. The van der Waals surface area contributed by atoms with Gasteiger partial charge in [-0.2, -0.15) is 0 Å². The maximum atomic E-state index is 12.1. The van der Waals surface area contributed by atoms with E-state index in [1.807, 2.05) is 6.92 Å². The van der Waals surface area contributed by atoms with Gasteiger partial charge in [-0.1, -0.05) is 19.8 Å². The molecule has 1 N–H and O–H groups in total. The predicted molar refractivity (Wildman–Crippen MR) is 61.0 cm³/mol. The van der Waals surface area contributed by atoms with Crippen molar-refractivity contribution in [1.82, 2.24) is 4.90 Å². The molecule has 0 heterocycles. The number of aliphatic carboxylic acids is 1. The van der Waals surface area contributed by atoms with E-state index in [0.29, 0.717) is 12.5 Å². The van der Waals surface area contributed by atoms with E-state index in [-0.39, 0.29) is 18.4 Å². The zero-order chi connectivity index (χ0) is 12.1. The third-order valence-electron chi connectivity index (χ3n) is 3.45. The predicted octanol–water partition coefficient (Wildman–Crippen LogP) is 1.75. The average molecular weight is 227 g/mol. The molecule has 1 aliphatic rings. The first-order chi connectivity index (χ1) is 7.56. The van der Waals surface area contributed by atoms with Gasteiger partial charge in [0.05, 0.1) is 0 Å². The Hall–Kier alpha value is -1.06. The highest BCUT2D eigenvalue weighted by Crippen LogP contribution is 2.30. The van der Waals surface area contributed by atoms with Gasteiger partial charge < -0.3 is 10.0 Å². The van der Waals surface area contributed by atoms with Crippen molar-refractivity contribution in [2.24, 2.45) is 11.8 Å². The van der Waals surface area contributed by atoms with Gasteiger partial charge in [-0.25, -0.2) is 0 Å². The summed E-state index contributed by atoms with van der Waals surface area (Å²) in [5.41, 5.74) is 0. The summed E-state index contributed by atoms with van der Waals surface area (Å²) in [6.45, 7) is 4.23. The largest absolute Gasteiger partial charge is 0.480 e. The van der Waals surface area contributed by atoms with Crippen LogP contribution in [0.15, 0.2) is 0 Å². The molecular formula is C12H21NO3. The SMILES string of the molecule is CCN(CC(=O)O)C(=O)C1CCCCC1C. The minimum atomic E-state index is -0.932. The maximum Gasteiger partial charge on any atom is 0.323 e. The van der Waals surface area contributed by atoms with E-state index in [0.717, 1.165) is 19.3 Å². The van der Waals surface area contributed by atoms with Crippen LogP contribution in [-0.4, -0.2) is 35.0 Å². The molecular weight excluding hydrogens is 206 g/mol. The lowest BCUT2D eigenvalue weighted by Crippen LogP contribution is -2.42. The number of carboxylic acid groups (broad SMARTS) is 1. The monoisotopic (exact) mass is 227 g/mol. The lowest BCUT2D eigenvalue weighted by Gasteiger charge is -2.31. The first-order valence-electron chi connectivity index (χ1n) is 6.06. The second-order valence-corrected chi connectivity index (χ2v) is 4.61. The standard InChI is InChI=1S/C12H21NO3/c1-3-13(8-11(14)15)12(16)10-7-5-4-6-9(10)2/h9-10H,3-8H2,1-2H3,(H,14,15). The smallest absolute Gasteiger partial charge is 0.323 e. The van der Waals surface area contributed by atoms with E-state index in [1.54, 1.807) is 0 Å². The number of hydrogen-bond donors (Lipinski definition) is 1. The van der Waals surface area contributed by atoms with Crippen LogP contribution in [0.5, 0.6) is 0 Å². The van der Waals surface area contributed by atoms with Gasteiger partial charge in [-0.05, 0) is 25.7 Å². The van der Waals surface area contributed by atoms with Crippen molar-refractivity contribution >= 4 is 11.9 Å². The van der Waals surface area contributed by atoms with Crippen LogP contribution in [0.25, 0.3) is 0 Å². The molecule has 0 aromatic rings. The van der Waals surface area contributed by atoms with Gasteiger partial charge in [-0.3, -0.25) is 9.59 Å². The fourth-order valence-corrected chi connectivity index (χ4v) is 2.43. The van der Waals surface area contributed by atoms with Crippen LogP contribution in [0.4, 0.5) is 0 Å². The fourth-order valence-electron chi connectivity index (χ4n) is 2.43. The third-order valence-corrected chi connectivity index (χ3v) is 3.45. The molecule has 0 radical (unpaired) electrons. The van der Waals surface area contributed by atoms with Crippen molar-refractivity contribution < 1.29 is 14.7 Å². The molecule has 1 fully saturated rings. The van der Waals surface area contributed by atoms with Crippen LogP contribution >= 0.6 is 0 Å².